The highest BCUT2D eigenvalue weighted by Crippen LogP contribution is 2.27. The molecule has 0 amide bonds. The van der Waals surface area contributed by atoms with Gasteiger partial charge >= 0.3 is 0 Å². The van der Waals surface area contributed by atoms with Crippen LogP contribution in [-0.4, -0.2) is 21.2 Å². The largest absolute Gasteiger partial charge is 0.338 e. The summed E-state index contributed by atoms with van der Waals surface area (Å²) < 4.78 is 5.28. The predicted octanol–water partition coefficient (Wildman–Crippen LogP) is 1.81. The molecule has 0 spiro atoms. The van der Waals surface area contributed by atoms with E-state index in [0.717, 1.165) is 17.7 Å². The fourth-order valence-corrected chi connectivity index (χ4v) is 2.06. The third kappa shape index (κ3) is 2.04. The molecule has 2 atom stereocenters. The molecule has 1 aliphatic carbocycles. The molecule has 5 heteroatoms. The van der Waals surface area contributed by atoms with Crippen molar-refractivity contribution >= 4 is 0 Å². The molecule has 5 nitrogen and oxygen atoms in total. The molecule has 2 heterocycles. The number of allylic oxidation sites excluding steroid dienone is 1. The lowest BCUT2D eigenvalue weighted by Gasteiger charge is -2.01. The maximum absolute atomic E-state index is 5.81. The van der Waals surface area contributed by atoms with Crippen molar-refractivity contribution in [1.29, 1.82) is 0 Å². The Kier molecular flexibility index (Phi) is 2.68. The first-order chi connectivity index (χ1) is 8.72. The highest BCUT2D eigenvalue weighted by Gasteiger charge is 2.23. The van der Waals surface area contributed by atoms with Gasteiger partial charge in [-0.15, -0.1) is 0 Å². The standard InChI is InChI=1S/C13H14N4O/c1-8-4-5-15-11(6-8)12-16-13(18-17-12)9-2-3-10(14)7-9/h2-6,9-10H,7,14H2,1H3. The van der Waals surface area contributed by atoms with Crippen LogP contribution in [0.1, 0.15) is 23.8 Å². The topological polar surface area (TPSA) is 77.8 Å². The van der Waals surface area contributed by atoms with Crippen LogP contribution in [0.2, 0.25) is 0 Å². The average molecular weight is 242 g/mol. The molecule has 0 bridgehead atoms. The molecule has 0 saturated heterocycles. The van der Waals surface area contributed by atoms with Crippen LogP contribution in [0.5, 0.6) is 0 Å². The van der Waals surface area contributed by atoms with Crippen LogP contribution in [-0.2, 0) is 0 Å². The van der Waals surface area contributed by atoms with Crippen LogP contribution in [0.4, 0.5) is 0 Å². The van der Waals surface area contributed by atoms with E-state index in [9.17, 15) is 0 Å². The summed E-state index contributed by atoms with van der Waals surface area (Å²) >= 11 is 0. The second-order valence-corrected chi connectivity index (χ2v) is 4.57. The Bertz CT molecular complexity index is 590. The molecule has 0 saturated carbocycles. The summed E-state index contributed by atoms with van der Waals surface area (Å²) in [5.41, 5.74) is 7.66. The lowest BCUT2D eigenvalue weighted by molar-refractivity contribution is 0.364. The second-order valence-electron chi connectivity index (χ2n) is 4.57. The van der Waals surface area contributed by atoms with E-state index in [0.29, 0.717) is 11.7 Å². The SMILES string of the molecule is Cc1ccnc(-c2noc(C3C=CC(N)C3)n2)c1. The van der Waals surface area contributed by atoms with Gasteiger partial charge in [-0.05, 0) is 31.0 Å². The van der Waals surface area contributed by atoms with E-state index < -0.39 is 0 Å². The molecule has 18 heavy (non-hydrogen) atoms. The van der Waals surface area contributed by atoms with Crippen LogP contribution in [0.25, 0.3) is 11.5 Å². The zero-order valence-electron chi connectivity index (χ0n) is 10.1. The number of nitrogens with two attached hydrogens (primary N) is 1. The van der Waals surface area contributed by atoms with Gasteiger partial charge < -0.3 is 10.3 Å². The van der Waals surface area contributed by atoms with Crippen LogP contribution >= 0.6 is 0 Å². The van der Waals surface area contributed by atoms with Crippen LogP contribution < -0.4 is 5.73 Å². The van der Waals surface area contributed by atoms with Crippen molar-refractivity contribution in [3.8, 4) is 11.5 Å². The Balaban J connectivity index is 1.88. The minimum atomic E-state index is 0.0856. The molecule has 0 fully saturated rings. The number of rotatable bonds is 2. The summed E-state index contributed by atoms with van der Waals surface area (Å²) in [6, 6.07) is 3.95. The first-order valence-electron chi connectivity index (χ1n) is 5.93. The minimum Gasteiger partial charge on any atom is -0.338 e. The van der Waals surface area contributed by atoms with Crippen molar-refractivity contribution in [2.75, 3.05) is 0 Å². The van der Waals surface area contributed by atoms with Gasteiger partial charge in [0.05, 0.1) is 5.92 Å². The molecule has 92 valence electrons. The molecule has 2 aromatic heterocycles. The third-order valence-electron chi connectivity index (χ3n) is 3.02. The van der Waals surface area contributed by atoms with Gasteiger partial charge in [0.1, 0.15) is 5.69 Å². The quantitative estimate of drug-likeness (QED) is 0.812. The van der Waals surface area contributed by atoms with E-state index in [4.69, 9.17) is 10.3 Å². The lowest BCUT2D eigenvalue weighted by Crippen LogP contribution is -2.14. The van der Waals surface area contributed by atoms with Crippen molar-refractivity contribution in [3.63, 3.8) is 0 Å². The highest BCUT2D eigenvalue weighted by atomic mass is 16.5. The van der Waals surface area contributed by atoms with E-state index >= 15 is 0 Å². The van der Waals surface area contributed by atoms with Crippen molar-refractivity contribution in [1.82, 2.24) is 15.1 Å². The Morgan fingerprint density at radius 2 is 2.28 bits per heavy atom. The highest BCUT2D eigenvalue weighted by molar-refractivity contribution is 5.49. The summed E-state index contributed by atoms with van der Waals surface area (Å²) in [6.07, 6.45) is 6.56. The van der Waals surface area contributed by atoms with Crippen LogP contribution in [0, 0.1) is 6.92 Å². The molecule has 0 aliphatic heterocycles. The molecule has 3 rings (SSSR count). The first kappa shape index (κ1) is 11.1. The summed E-state index contributed by atoms with van der Waals surface area (Å²) in [5.74, 6) is 1.27. The predicted molar refractivity (Wildman–Crippen MR) is 66.7 cm³/mol. The number of hydrogen-bond donors (Lipinski definition) is 1. The zero-order chi connectivity index (χ0) is 12.5. The maximum Gasteiger partial charge on any atom is 0.234 e. The molecule has 2 aromatic rings. The Hall–Kier alpha value is -2.01. The van der Waals surface area contributed by atoms with Crippen molar-refractivity contribution in [2.24, 2.45) is 5.73 Å². The van der Waals surface area contributed by atoms with Gasteiger partial charge in [0, 0.05) is 12.2 Å². The number of nitrogens with zero attached hydrogens (tertiary/aromatic N) is 3. The monoisotopic (exact) mass is 242 g/mol. The normalized spacial score (nSPS) is 22.6. The van der Waals surface area contributed by atoms with Crippen molar-refractivity contribution in [3.05, 3.63) is 41.9 Å². The van der Waals surface area contributed by atoms with Crippen molar-refractivity contribution in [2.45, 2.75) is 25.3 Å². The van der Waals surface area contributed by atoms with Gasteiger partial charge in [0.25, 0.3) is 0 Å². The third-order valence-corrected chi connectivity index (χ3v) is 3.02. The molecular weight excluding hydrogens is 228 g/mol. The summed E-state index contributed by atoms with van der Waals surface area (Å²) in [4.78, 5) is 8.63. The zero-order valence-corrected chi connectivity index (χ0v) is 10.1. The summed E-state index contributed by atoms with van der Waals surface area (Å²) in [5, 5.41) is 3.97. The fourth-order valence-electron chi connectivity index (χ4n) is 2.06. The van der Waals surface area contributed by atoms with Crippen LogP contribution in [0.15, 0.2) is 35.0 Å². The van der Waals surface area contributed by atoms with E-state index in [1.165, 1.54) is 0 Å². The molecule has 2 N–H and O–H groups in total. The van der Waals surface area contributed by atoms with E-state index in [-0.39, 0.29) is 12.0 Å². The van der Waals surface area contributed by atoms with Gasteiger partial charge in [-0.2, -0.15) is 4.98 Å². The second kappa shape index (κ2) is 4.34. The van der Waals surface area contributed by atoms with Gasteiger partial charge in [-0.25, -0.2) is 0 Å². The first-order valence-corrected chi connectivity index (χ1v) is 5.93. The average Bonchev–Trinajstić information content (AvgIpc) is 2.97. The van der Waals surface area contributed by atoms with Gasteiger partial charge in [0.2, 0.25) is 11.7 Å². The lowest BCUT2D eigenvalue weighted by atomic mass is 10.1. The van der Waals surface area contributed by atoms with Crippen molar-refractivity contribution < 1.29 is 4.52 Å². The smallest absolute Gasteiger partial charge is 0.234 e. The molecule has 2 unspecified atom stereocenters. The minimum absolute atomic E-state index is 0.0856. The number of hydrogen-bond acceptors (Lipinski definition) is 5. The Morgan fingerprint density at radius 3 is 3.00 bits per heavy atom. The van der Waals surface area contributed by atoms with E-state index in [1.54, 1.807) is 6.20 Å². The van der Waals surface area contributed by atoms with Gasteiger partial charge in [-0.1, -0.05) is 17.3 Å². The number of pyridine rings is 1. The van der Waals surface area contributed by atoms with Crippen LogP contribution in [0.3, 0.4) is 0 Å². The van der Waals surface area contributed by atoms with Gasteiger partial charge in [0.15, 0.2) is 0 Å². The Labute approximate surface area is 105 Å². The number of aromatic nitrogens is 3. The fraction of sp³-hybridized carbons (Fsp3) is 0.308. The summed E-state index contributed by atoms with van der Waals surface area (Å²) in [6.45, 7) is 2.00. The summed E-state index contributed by atoms with van der Waals surface area (Å²) in [7, 11) is 0. The maximum atomic E-state index is 5.81. The molecular formula is C13H14N4O. The molecule has 1 aliphatic rings. The Morgan fingerprint density at radius 1 is 1.39 bits per heavy atom. The molecule has 0 radical (unpaired) electrons. The van der Waals surface area contributed by atoms with E-state index in [1.807, 2.05) is 31.2 Å². The number of aryl methyl sites for hydroxylation is 1. The van der Waals surface area contributed by atoms with E-state index in [2.05, 4.69) is 15.1 Å². The van der Waals surface area contributed by atoms with Gasteiger partial charge in [-0.3, -0.25) is 4.98 Å². The molecule has 0 aromatic carbocycles.